The molecule has 0 radical (unpaired) electrons. The number of ether oxygens (including phenoxy) is 1. The van der Waals surface area contributed by atoms with Crippen molar-refractivity contribution < 1.29 is 4.74 Å². The number of anilines is 1. The Kier molecular flexibility index (Phi) is 4.55. The van der Waals surface area contributed by atoms with Crippen molar-refractivity contribution in [2.45, 2.75) is 6.54 Å². The van der Waals surface area contributed by atoms with Gasteiger partial charge in [0.25, 0.3) is 5.56 Å². The lowest BCUT2D eigenvalue weighted by Gasteiger charge is -2.18. The fraction of sp³-hybridized carbons (Fsp3) is 0.455. The Labute approximate surface area is 94.6 Å². The summed E-state index contributed by atoms with van der Waals surface area (Å²) in [7, 11) is 3.51. The first-order valence-corrected chi connectivity index (χ1v) is 4.89. The average Bonchev–Trinajstić information content (AvgIpc) is 2.29. The smallest absolute Gasteiger partial charge is 0.269 e. The number of likely N-dealkylation sites (N-methyl/N-ethyl adjacent to an activating group) is 1. The van der Waals surface area contributed by atoms with Gasteiger partial charge in [-0.05, 0) is 0 Å². The van der Waals surface area contributed by atoms with Gasteiger partial charge in [0.2, 0.25) is 0 Å². The number of hydrogen-bond donors (Lipinski definition) is 0. The molecular formula is C11H15N3O2. The lowest BCUT2D eigenvalue weighted by atomic mass is 10.4. The van der Waals surface area contributed by atoms with Crippen molar-refractivity contribution in [1.82, 2.24) is 9.78 Å². The number of methoxy groups -OCH3 is 1. The van der Waals surface area contributed by atoms with E-state index in [1.54, 1.807) is 13.3 Å². The number of terminal acetylenes is 1. The highest BCUT2D eigenvalue weighted by molar-refractivity contribution is 5.41. The summed E-state index contributed by atoms with van der Waals surface area (Å²) in [4.78, 5) is 13.5. The van der Waals surface area contributed by atoms with E-state index in [4.69, 9.17) is 11.2 Å². The highest BCUT2D eigenvalue weighted by Gasteiger charge is 2.03. The molecule has 0 bridgehead atoms. The van der Waals surface area contributed by atoms with Gasteiger partial charge in [-0.25, -0.2) is 4.68 Å². The van der Waals surface area contributed by atoms with Crippen LogP contribution in [0.5, 0.6) is 0 Å². The SMILES string of the molecule is C#CCn1ncc(N(C)CCOC)cc1=O. The maximum absolute atomic E-state index is 11.6. The maximum atomic E-state index is 11.6. The molecule has 0 saturated carbocycles. The standard InChI is InChI=1S/C11H15N3O2/c1-4-5-14-11(15)8-10(9-12-14)13(2)6-7-16-3/h1,8-9H,5-7H2,2-3H3. The second-order valence-electron chi connectivity index (χ2n) is 3.33. The summed E-state index contributed by atoms with van der Waals surface area (Å²) in [6, 6.07) is 1.51. The third kappa shape index (κ3) is 3.11. The Balaban J connectivity index is 2.81. The summed E-state index contributed by atoms with van der Waals surface area (Å²) in [5, 5.41) is 3.98. The van der Waals surface area contributed by atoms with E-state index in [-0.39, 0.29) is 12.1 Å². The van der Waals surface area contributed by atoms with Gasteiger partial charge in [0.05, 0.1) is 18.5 Å². The van der Waals surface area contributed by atoms with Crippen LogP contribution in [-0.4, -0.2) is 37.1 Å². The molecule has 0 fully saturated rings. The zero-order valence-electron chi connectivity index (χ0n) is 9.51. The monoisotopic (exact) mass is 221 g/mol. The Bertz CT molecular complexity index is 434. The minimum atomic E-state index is -0.195. The molecule has 0 aromatic carbocycles. The first-order valence-electron chi connectivity index (χ1n) is 4.89. The summed E-state index contributed by atoms with van der Waals surface area (Å²) >= 11 is 0. The third-order valence-corrected chi connectivity index (χ3v) is 2.17. The van der Waals surface area contributed by atoms with Crippen molar-refractivity contribution in [2.24, 2.45) is 0 Å². The highest BCUT2D eigenvalue weighted by Crippen LogP contribution is 2.05. The summed E-state index contributed by atoms with van der Waals surface area (Å²) in [5.74, 6) is 2.37. The third-order valence-electron chi connectivity index (χ3n) is 2.17. The fourth-order valence-electron chi connectivity index (χ4n) is 1.20. The molecule has 0 spiro atoms. The molecule has 0 N–H and O–H groups in total. The van der Waals surface area contributed by atoms with E-state index in [1.807, 2.05) is 11.9 Å². The second-order valence-corrected chi connectivity index (χ2v) is 3.33. The predicted molar refractivity (Wildman–Crippen MR) is 62.5 cm³/mol. The van der Waals surface area contributed by atoms with E-state index in [0.29, 0.717) is 13.2 Å². The number of rotatable bonds is 5. The quantitative estimate of drug-likeness (QED) is 0.655. The van der Waals surface area contributed by atoms with Gasteiger partial charge in [-0.3, -0.25) is 4.79 Å². The van der Waals surface area contributed by atoms with Crippen LogP contribution < -0.4 is 10.5 Å². The van der Waals surface area contributed by atoms with Gasteiger partial charge in [0.15, 0.2) is 0 Å². The normalized spacial score (nSPS) is 9.81. The minimum absolute atomic E-state index is 0.195. The van der Waals surface area contributed by atoms with Crippen LogP contribution in [0.3, 0.4) is 0 Å². The van der Waals surface area contributed by atoms with Gasteiger partial charge < -0.3 is 9.64 Å². The van der Waals surface area contributed by atoms with Crippen molar-refractivity contribution in [1.29, 1.82) is 0 Å². The Morgan fingerprint density at radius 3 is 3.00 bits per heavy atom. The summed E-state index contributed by atoms with van der Waals surface area (Å²) in [6.07, 6.45) is 6.74. The molecule has 0 amide bonds. The molecule has 0 aliphatic carbocycles. The minimum Gasteiger partial charge on any atom is -0.383 e. The van der Waals surface area contributed by atoms with Gasteiger partial charge >= 0.3 is 0 Å². The Hall–Kier alpha value is -1.80. The molecule has 5 nitrogen and oxygen atoms in total. The summed E-state index contributed by atoms with van der Waals surface area (Å²) in [5.41, 5.74) is 0.565. The van der Waals surface area contributed by atoms with Crippen LogP contribution in [0.1, 0.15) is 0 Å². The van der Waals surface area contributed by atoms with Crippen molar-refractivity contribution in [3.63, 3.8) is 0 Å². The molecule has 86 valence electrons. The van der Waals surface area contributed by atoms with Gasteiger partial charge in [-0.1, -0.05) is 5.92 Å². The van der Waals surface area contributed by atoms with Crippen molar-refractivity contribution >= 4 is 5.69 Å². The Morgan fingerprint density at radius 1 is 1.69 bits per heavy atom. The van der Waals surface area contributed by atoms with E-state index in [2.05, 4.69) is 11.0 Å². The van der Waals surface area contributed by atoms with Gasteiger partial charge in [0.1, 0.15) is 6.54 Å². The molecule has 0 unspecified atom stereocenters. The zero-order chi connectivity index (χ0) is 12.0. The van der Waals surface area contributed by atoms with Crippen LogP contribution in [0.4, 0.5) is 5.69 Å². The topological polar surface area (TPSA) is 47.4 Å². The van der Waals surface area contributed by atoms with Crippen LogP contribution in [0.2, 0.25) is 0 Å². The Morgan fingerprint density at radius 2 is 2.44 bits per heavy atom. The first kappa shape index (κ1) is 12.3. The van der Waals surface area contributed by atoms with Crippen LogP contribution in [0.15, 0.2) is 17.1 Å². The summed E-state index contributed by atoms with van der Waals surface area (Å²) in [6.45, 7) is 1.50. The molecule has 0 aliphatic rings. The van der Waals surface area contributed by atoms with Crippen molar-refractivity contribution in [3.8, 4) is 12.3 Å². The lowest BCUT2D eigenvalue weighted by molar-refractivity contribution is 0.206. The fourth-order valence-corrected chi connectivity index (χ4v) is 1.20. The molecule has 1 heterocycles. The molecule has 0 atom stereocenters. The number of aromatic nitrogens is 2. The number of nitrogens with zero attached hydrogens (tertiary/aromatic N) is 3. The molecule has 5 heteroatoms. The largest absolute Gasteiger partial charge is 0.383 e. The molecule has 0 saturated heterocycles. The van der Waals surface area contributed by atoms with E-state index < -0.39 is 0 Å². The molecular weight excluding hydrogens is 206 g/mol. The average molecular weight is 221 g/mol. The predicted octanol–water partition coefficient (Wildman–Crippen LogP) is -0.0409. The van der Waals surface area contributed by atoms with Crippen LogP contribution in [0.25, 0.3) is 0 Å². The zero-order valence-corrected chi connectivity index (χ0v) is 9.51. The van der Waals surface area contributed by atoms with Gasteiger partial charge in [-0.15, -0.1) is 6.42 Å². The van der Waals surface area contributed by atoms with E-state index >= 15 is 0 Å². The maximum Gasteiger partial charge on any atom is 0.269 e. The molecule has 1 aromatic rings. The van der Waals surface area contributed by atoms with Crippen LogP contribution in [-0.2, 0) is 11.3 Å². The molecule has 1 aromatic heterocycles. The molecule has 0 aliphatic heterocycles. The number of hydrogen-bond acceptors (Lipinski definition) is 4. The van der Waals surface area contributed by atoms with Crippen molar-refractivity contribution in [2.75, 3.05) is 32.2 Å². The lowest BCUT2D eigenvalue weighted by Crippen LogP contribution is -2.27. The van der Waals surface area contributed by atoms with Gasteiger partial charge in [0, 0.05) is 26.8 Å². The second kappa shape index (κ2) is 5.93. The van der Waals surface area contributed by atoms with Gasteiger partial charge in [-0.2, -0.15) is 5.10 Å². The highest BCUT2D eigenvalue weighted by atomic mass is 16.5. The van der Waals surface area contributed by atoms with Crippen LogP contribution >= 0.6 is 0 Å². The van der Waals surface area contributed by atoms with Crippen molar-refractivity contribution in [3.05, 3.63) is 22.6 Å². The van der Waals surface area contributed by atoms with E-state index in [9.17, 15) is 4.79 Å². The molecule has 1 rings (SSSR count). The van der Waals surface area contributed by atoms with Crippen LogP contribution in [0, 0.1) is 12.3 Å². The summed E-state index contributed by atoms with van der Waals surface area (Å²) < 4.78 is 6.20. The first-order chi connectivity index (χ1) is 7.69. The van der Waals surface area contributed by atoms with E-state index in [1.165, 1.54) is 10.7 Å². The molecule has 16 heavy (non-hydrogen) atoms. The van der Waals surface area contributed by atoms with E-state index in [0.717, 1.165) is 5.69 Å².